The lowest BCUT2D eigenvalue weighted by Crippen LogP contribution is -2.27. The van der Waals surface area contributed by atoms with Crippen LogP contribution in [0, 0.1) is 0 Å². The highest BCUT2D eigenvalue weighted by atomic mass is 31.2. The van der Waals surface area contributed by atoms with Crippen molar-refractivity contribution in [2.75, 3.05) is 26.4 Å². The van der Waals surface area contributed by atoms with Crippen LogP contribution in [-0.4, -0.2) is 54.3 Å². The van der Waals surface area contributed by atoms with E-state index in [0.29, 0.717) is 6.42 Å². The molecule has 3 N–H and O–H groups in total. The standard InChI is InChI=1S/C45H84NO8P/c1-3-5-7-9-11-13-15-17-18-19-20-21-22-23-24-26-27-29-31-33-35-37-44(48)46-39-40-53-55(50,51)54-42-43(47)41-52-45(49)38-36-34-32-30-28-25-16-14-12-10-8-6-4-2/h11,13-14,16-18,43,47H,3-10,12,15,19-42H2,1-2H3,(H,46,48)(H,50,51)/b13-11-,16-14-,18-17-. The molecule has 322 valence electrons. The van der Waals surface area contributed by atoms with Crippen molar-refractivity contribution in [1.82, 2.24) is 5.32 Å². The van der Waals surface area contributed by atoms with Crippen LogP contribution in [0.5, 0.6) is 0 Å². The molecule has 0 bridgehead atoms. The number of allylic oxidation sites excluding steroid dienone is 6. The summed E-state index contributed by atoms with van der Waals surface area (Å²) in [5.74, 6) is -0.525. The van der Waals surface area contributed by atoms with E-state index in [1.165, 1.54) is 116 Å². The van der Waals surface area contributed by atoms with Crippen molar-refractivity contribution in [2.45, 2.75) is 213 Å². The van der Waals surface area contributed by atoms with Crippen LogP contribution in [0.4, 0.5) is 0 Å². The average molecular weight is 798 g/mol. The largest absolute Gasteiger partial charge is 0.472 e. The molecule has 0 aromatic carbocycles. The summed E-state index contributed by atoms with van der Waals surface area (Å²) in [5.41, 5.74) is 0. The predicted molar refractivity (Wildman–Crippen MR) is 229 cm³/mol. The van der Waals surface area contributed by atoms with Crippen LogP contribution in [0.25, 0.3) is 0 Å². The van der Waals surface area contributed by atoms with Crippen molar-refractivity contribution in [3.63, 3.8) is 0 Å². The highest BCUT2D eigenvalue weighted by molar-refractivity contribution is 7.47. The number of phosphoric ester groups is 1. The van der Waals surface area contributed by atoms with Crippen LogP contribution in [-0.2, 0) is 27.9 Å². The van der Waals surface area contributed by atoms with Crippen molar-refractivity contribution in [2.24, 2.45) is 0 Å². The third-order valence-corrected chi connectivity index (χ3v) is 10.5. The van der Waals surface area contributed by atoms with Crippen LogP contribution >= 0.6 is 7.82 Å². The van der Waals surface area contributed by atoms with E-state index < -0.39 is 26.5 Å². The molecule has 0 aromatic rings. The Labute approximate surface area is 337 Å². The molecule has 0 fully saturated rings. The third kappa shape index (κ3) is 43.2. The van der Waals surface area contributed by atoms with Gasteiger partial charge in [-0.25, -0.2) is 4.57 Å². The summed E-state index contributed by atoms with van der Waals surface area (Å²) in [6.45, 7) is 3.51. The molecule has 0 saturated heterocycles. The number of nitrogens with one attached hydrogen (secondary N) is 1. The van der Waals surface area contributed by atoms with E-state index in [2.05, 4.69) is 55.6 Å². The highest BCUT2D eigenvalue weighted by Crippen LogP contribution is 2.42. The third-order valence-electron chi connectivity index (χ3n) is 9.54. The number of rotatable bonds is 42. The summed E-state index contributed by atoms with van der Waals surface area (Å²) in [4.78, 5) is 33.9. The van der Waals surface area contributed by atoms with Crippen molar-refractivity contribution in [3.05, 3.63) is 36.5 Å². The van der Waals surface area contributed by atoms with Gasteiger partial charge in [-0.05, 0) is 70.6 Å². The summed E-state index contributed by atoms with van der Waals surface area (Å²) in [6.07, 6.45) is 46.5. The number of carbonyl (C=O) groups excluding carboxylic acids is 2. The Morgan fingerprint density at radius 3 is 1.51 bits per heavy atom. The summed E-state index contributed by atoms with van der Waals surface area (Å²) in [6, 6.07) is 0. The maximum absolute atomic E-state index is 12.1. The minimum absolute atomic E-state index is 0.0801. The van der Waals surface area contributed by atoms with Gasteiger partial charge in [-0.2, -0.15) is 0 Å². The minimum atomic E-state index is -4.42. The van der Waals surface area contributed by atoms with Crippen LogP contribution in [0.15, 0.2) is 36.5 Å². The van der Waals surface area contributed by atoms with Crippen molar-refractivity contribution < 1.29 is 37.9 Å². The van der Waals surface area contributed by atoms with E-state index in [0.717, 1.165) is 64.2 Å². The van der Waals surface area contributed by atoms with E-state index in [1.54, 1.807) is 0 Å². The van der Waals surface area contributed by atoms with Gasteiger partial charge >= 0.3 is 13.8 Å². The Morgan fingerprint density at radius 1 is 0.564 bits per heavy atom. The fraction of sp³-hybridized carbons (Fsp3) is 0.822. The summed E-state index contributed by atoms with van der Waals surface area (Å²) >= 11 is 0. The zero-order chi connectivity index (χ0) is 40.3. The topological polar surface area (TPSA) is 131 Å². The van der Waals surface area contributed by atoms with Gasteiger partial charge in [-0.3, -0.25) is 18.6 Å². The minimum Gasteiger partial charge on any atom is -0.463 e. The predicted octanol–water partition coefficient (Wildman–Crippen LogP) is 12.6. The molecule has 0 aliphatic carbocycles. The smallest absolute Gasteiger partial charge is 0.463 e. The SMILES string of the molecule is CCCCC/C=C\C/C=C\CCCCCCCCCCCCCC(=O)NCCOP(=O)(O)OCC(O)COC(=O)CCCCCCC/C=C\CCCCCC. The fourth-order valence-electron chi connectivity index (χ4n) is 6.11. The zero-order valence-electron chi connectivity index (χ0n) is 35.4. The lowest BCUT2D eigenvalue weighted by atomic mass is 10.0. The summed E-state index contributed by atoms with van der Waals surface area (Å²) in [5, 5.41) is 12.7. The van der Waals surface area contributed by atoms with Gasteiger partial charge in [-0.1, -0.05) is 159 Å². The van der Waals surface area contributed by atoms with Crippen molar-refractivity contribution in [3.8, 4) is 0 Å². The molecule has 2 unspecified atom stereocenters. The maximum Gasteiger partial charge on any atom is 0.472 e. The number of hydrogen-bond donors (Lipinski definition) is 3. The lowest BCUT2D eigenvalue weighted by Gasteiger charge is -2.15. The van der Waals surface area contributed by atoms with Crippen LogP contribution in [0.3, 0.4) is 0 Å². The second-order valence-corrected chi connectivity index (χ2v) is 16.5. The molecule has 55 heavy (non-hydrogen) atoms. The van der Waals surface area contributed by atoms with Crippen LogP contribution in [0.2, 0.25) is 0 Å². The molecular formula is C45H84NO8P. The molecule has 0 aliphatic rings. The van der Waals surface area contributed by atoms with Gasteiger partial charge in [0.25, 0.3) is 0 Å². The Kier molecular flexibility index (Phi) is 40.5. The zero-order valence-corrected chi connectivity index (χ0v) is 36.3. The number of ether oxygens (including phenoxy) is 1. The summed E-state index contributed by atoms with van der Waals surface area (Å²) < 4.78 is 26.9. The van der Waals surface area contributed by atoms with Gasteiger partial charge < -0.3 is 20.1 Å². The Morgan fingerprint density at radius 2 is 0.982 bits per heavy atom. The van der Waals surface area contributed by atoms with Gasteiger partial charge in [0.1, 0.15) is 12.7 Å². The average Bonchev–Trinajstić information content (AvgIpc) is 3.17. The number of aliphatic hydroxyl groups is 1. The Bertz CT molecular complexity index is 1000. The van der Waals surface area contributed by atoms with Gasteiger partial charge in [0.15, 0.2) is 0 Å². The molecule has 10 heteroatoms. The summed E-state index contributed by atoms with van der Waals surface area (Å²) in [7, 11) is -4.42. The molecule has 2 atom stereocenters. The maximum atomic E-state index is 12.1. The Hall–Kier alpha value is -1.77. The number of hydrogen-bond acceptors (Lipinski definition) is 7. The monoisotopic (exact) mass is 798 g/mol. The normalized spacial score (nSPS) is 13.6. The second kappa shape index (κ2) is 41.9. The van der Waals surface area contributed by atoms with E-state index in [4.69, 9.17) is 13.8 Å². The van der Waals surface area contributed by atoms with Gasteiger partial charge in [0.05, 0.1) is 13.2 Å². The molecule has 0 heterocycles. The van der Waals surface area contributed by atoms with Gasteiger partial charge in [0.2, 0.25) is 5.91 Å². The molecule has 0 aromatic heterocycles. The van der Waals surface area contributed by atoms with Crippen molar-refractivity contribution >= 4 is 19.7 Å². The van der Waals surface area contributed by atoms with E-state index in [1.807, 2.05) is 0 Å². The first-order valence-corrected chi connectivity index (χ1v) is 24.0. The molecule has 9 nitrogen and oxygen atoms in total. The molecule has 0 aliphatic heterocycles. The van der Waals surface area contributed by atoms with E-state index in [-0.39, 0.29) is 32.1 Å². The number of carbonyl (C=O) groups is 2. The number of amides is 1. The second-order valence-electron chi connectivity index (χ2n) is 15.0. The lowest BCUT2D eigenvalue weighted by molar-refractivity contribution is -0.147. The fourth-order valence-corrected chi connectivity index (χ4v) is 6.87. The van der Waals surface area contributed by atoms with E-state index >= 15 is 0 Å². The molecule has 0 rings (SSSR count). The van der Waals surface area contributed by atoms with Crippen LogP contribution in [0.1, 0.15) is 206 Å². The van der Waals surface area contributed by atoms with Gasteiger partial charge in [-0.15, -0.1) is 0 Å². The molecule has 1 amide bonds. The quantitative estimate of drug-likeness (QED) is 0.0241. The number of aliphatic hydroxyl groups excluding tert-OH is 1. The first-order valence-electron chi connectivity index (χ1n) is 22.5. The van der Waals surface area contributed by atoms with Crippen LogP contribution < -0.4 is 5.32 Å². The highest BCUT2D eigenvalue weighted by Gasteiger charge is 2.23. The number of unbranched alkanes of at least 4 members (excludes halogenated alkanes) is 23. The first kappa shape index (κ1) is 53.2. The first-order chi connectivity index (χ1) is 26.8. The van der Waals surface area contributed by atoms with E-state index in [9.17, 15) is 24.2 Å². The molecule has 0 spiro atoms. The number of phosphoric acid groups is 1. The molecule has 0 radical (unpaired) electrons. The number of esters is 1. The Balaban J connectivity index is 3.57. The van der Waals surface area contributed by atoms with Crippen molar-refractivity contribution in [1.29, 1.82) is 0 Å². The molecule has 0 saturated carbocycles. The molecular weight excluding hydrogens is 713 g/mol. The van der Waals surface area contributed by atoms with Gasteiger partial charge in [0, 0.05) is 19.4 Å².